The van der Waals surface area contributed by atoms with Gasteiger partial charge in [0, 0.05) is 35.9 Å². The van der Waals surface area contributed by atoms with Crippen LogP contribution in [0, 0.1) is 0 Å². The van der Waals surface area contributed by atoms with Crippen LogP contribution in [0.25, 0.3) is 10.4 Å². The minimum absolute atomic E-state index is 0.653. The lowest BCUT2D eigenvalue weighted by Gasteiger charge is -2.06. The smallest absolute Gasteiger partial charge is 0.0396 e. The van der Waals surface area contributed by atoms with Gasteiger partial charge in [-0.25, -0.2) is 0 Å². The highest BCUT2D eigenvalue weighted by Gasteiger charge is 2.05. The summed E-state index contributed by atoms with van der Waals surface area (Å²) >= 11 is 0. The van der Waals surface area contributed by atoms with Gasteiger partial charge in [0.2, 0.25) is 0 Å². The summed E-state index contributed by atoms with van der Waals surface area (Å²) < 4.78 is 0. The highest BCUT2D eigenvalue weighted by atomic mass is 15.1. The molecule has 1 heterocycles. The molecule has 0 spiro atoms. The van der Waals surface area contributed by atoms with Crippen molar-refractivity contribution in [1.29, 1.82) is 0 Å². The maximum absolute atomic E-state index is 8.30. The number of fused-ring (bicyclic) bond motifs is 1. The number of azide groups is 1. The van der Waals surface area contributed by atoms with E-state index >= 15 is 0 Å². The van der Waals surface area contributed by atoms with Crippen LogP contribution in [0.5, 0.6) is 0 Å². The molecule has 2 N–H and O–H groups in total. The number of hydrogen-bond donors (Lipinski definition) is 2. The molecule has 5 heteroatoms. The maximum atomic E-state index is 8.30. The molecule has 0 atom stereocenters. The van der Waals surface area contributed by atoms with Crippen molar-refractivity contribution in [2.45, 2.75) is 6.54 Å². The van der Waals surface area contributed by atoms with Gasteiger partial charge >= 0.3 is 0 Å². The normalized spacial score (nSPS) is 14.6. The Morgan fingerprint density at radius 3 is 3.14 bits per heavy atom. The monoisotopic (exact) mass is 189 g/mol. The Balaban J connectivity index is 2.36. The molecule has 0 saturated heterocycles. The average Bonchev–Trinajstić information content (AvgIpc) is 2.42. The second-order valence-electron chi connectivity index (χ2n) is 3.13. The fourth-order valence-corrected chi connectivity index (χ4v) is 1.51. The third-order valence-corrected chi connectivity index (χ3v) is 2.19. The van der Waals surface area contributed by atoms with Crippen molar-refractivity contribution in [3.8, 4) is 0 Å². The van der Waals surface area contributed by atoms with Crippen LogP contribution in [0.15, 0.2) is 23.3 Å². The SMILES string of the molecule is [N-]=[N+]=Nc1ccc2c(c1)NCCNC2. The van der Waals surface area contributed by atoms with Crippen molar-refractivity contribution in [1.82, 2.24) is 5.32 Å². The molecule has 0 fully saturated rings. The molecule has 0 aromatic heterocycles. The first-order valence-corrected chi connectivity index (χ1v) is 4.53. The first kappa shape index (κ1) is 8.87. The van der Waals surface area contributed by atoms with Gasteiger partial charge in [-0.05, 0) is 17.2 Å². The molecule has 72 valence electrons. The predicted molar refractivity (Wildman–Crippen MR) is 55.4 cm³/mol. The molecule has 0 amide bonds. The zero-order chi connectivity index (χ0) is 9.80. The summed E-state index contributed by atoms with van der Waals surface area (Å²) in [5.74, 6) is 0. The fourth-order valence-electron chi connectivity index (χ4n) is 1.51. The van der Waals surface area contributed by atoms with Crippen molar-refractivity contribution < 1.29 is 0 Å². The van der Waals surface area contributed by atoms with E-state index in [0.717, 1.165) is 25.3 Å². The molecular weight excluding hydrogens is 178 g/mol. The molecule has 0 bridgehead atoms. The standard InChI is InChI=1S/C9H11N5/c10-14-13-8-2-1-7-6-11-3-4-12-9(7)5-8/h1-2,5,11-12H,3-4,6H2. The van der Waals surface area contributed by atoms with Gasteiger partial charge in [-0.1, -0.05) is 17.2 Å². The maximum Gasteiger partial charge on any atom is 0.0396 e. The van der Waals surface area contributed by atoms with Crippen LogP contribution in [-0.2, 0) is 6.54 Å². The van der Waals surface area contributed by atoms with Gasteiger partial charge in [0.15, 0.2) is 0 Å². The molecule has 5 nitrogen and oxygen atoms in total. The Morgan fingerprint density at radius 2 is 2.29 bits per heavy atom. The van der Waals surface area contributed by atoms with E-state index in [4.69, 9.17) is 5.53 Å². The van der Waals surface area contributed by atoms with Gasteiger partial charge in [-0.2, -0.15) is 0 Å². The van der Waals surface area contributed by atoms with E-state index in [2.05, 4.69) is 20.7 Å². The predicted octanol–water partition coefficient (Wildman–Crippen LogP) is 2.14. The average molecular weight is 189 g/mol. The second kappa shape index (κ2) is 4.00. The van der Waals surface area contributed by atoms with Gasteiger partial charge in [0.25, 0.3) is 0 Å². The Hall–Kier alpha value is -1.71. The van der Waals surface area contributed by atoms with E-state index in [9.17, 15) is 0 Å². The molecule has 2 rings (SSSR count). The van der Waals surface area contributed by atoms with Gasteiger partial charge in [0.1, 0.15) is 0 Å². The number of anilines is 1. The number of nitrogens with zero attached hydrogens (tertiary/aromatic N) is 3. The van der Waals surface area contributed by atoms with Crippen molar-refractivity contribution in [2.75, 3.05) is 18.4 Å². The molecule has 0 saturated carbocycles. The summed E-state index contributed by atoms with van der Waals surface area (Å²) in [5, 5.41) is 10.1. The first-order valence-electron chi connectivity index (χ1n) is 4.53. The van der Waals surface area contributed by atoms with Crippen LogP contribution in [0.3, 0.4) is 0 Å². The lowest BCUT2D eigenvalue weighted by atomic mass is 10.1. The van der Waals surface area contributed by atoms with Crippen LogP contribution in [-0.4, -0.2) is 13.1 Å². The van der Waals surface area contributed by atoms with E-state index in [1.807, 2.05) is 18.2 Å². The zero-order valence-electron chi connectivity index (χ0n) is 7.70. The summed E-state index contributed by atoms with van der Waals surface area (Å²) in [6, 6.07) is 5.68. The molecule has 14 heavy (non-hydrogen) atoms. The molecule has 1 aliphatic heterocycles. The Labute approximate surface area is 81.8 Å². The molecule has 1 aliphatic rings. The number of rotatable bonds is 1. The summed E-state index contributed by atoms with van der Waals surface area (Å²) in [5.41, 5.74) is 11.2. The molecule has 0 unspecified atom stereocenters. The van der Waals surface area contributed by atoms with Crippen molar-refractivity contribution in [3.63, 3.8) is 0 Å². The van der Waals surface area contributed by atoms with E-state index in [1.165, 1.54) is 5.56 Å². The highest BCUT2D eigenvalue weighted by molar-refractivity contribution is 5.59. The summed E-state index contributed by atoms with van der Waals surface area (Å²) in [7, 11) is 0. The number of benzene rings is 1. The van der Waals surface area contributed by atoms with Crippen LogP contribution in [0.1, 0.15) is 5.56 Å². The lowest BCUT2D eigenvalue weighted by Crippen LogP contribution is -2.16. The van der Waals surface area contributed by atoms with Gasteiger partial charge in [0.05, 0.1) is 0 Å². The molecule has 0 radical (unpaired) electrons. The topological polar surface area (TPSA) is 72.8 Å². The third-order valence-electron chi connectivity index (χ3n) is 2.19. The van der Waals surface area contributed by atoms with Gasteiger partial charge in [-0.15, -0.1) is 0 Å². The number of nitrogens with one attached hydrogen (secondary N) is 2. The minimum atomic E-state index is 0.653. The summed E-state index contributed by atoms with van der Waals surface area (Å²) in [6.07, 6.45) is 0. The van der Waals surface area contributed by atoms with E-state index in [1.54, 1.807) is 0 Å². The lowest BCUT2D eigenvalue weighted by molar-refractivity contribution is 0.725. The van der Waals surface area contributed by atoms with Crippen LogP contribution in [0.2, 0.25) is 0 Å². The Morgan fingerprint density at radius 1 is 1.36 bits per heavy atom. The quantitative estimate of drug-likeness (QED) is 0.403. The largest absolute Gasteiger partial charge is 0.383 e. The third kappa shape index (κ3) is 1.79. The number of hydrogen-bond acceptors (Lipinski definition) is 3. The summed E-state index contributed by atoms with van der Waals surface area (Å²) in [6.45, 7) is 2.71. The van der Waals surface area contributed by atoms with Crippen LogP contribution >= 0.6 is 0 Å². The van der Waals surface area contributed by atoms with Crippen LogP contribution in [0.4, 0.5) is 11.4 Å². The first-order chi connectivity index (χ1) is 6.90. The summed E-state index contributed by atoms with van der Waals surface area (Å²) in [4.78, 5) is 2.76. The second-order valence-corrected chi connectivity index (χ2v) is 3.13. The van der Waals surface area contributed by atoms with Gasteiger partial charge in [-0.3, -0.25) is 0 Å². The van der Waals surface area contributed by atoms with E-state index in [-0.39, 0.29) is 0 Å². The van der Waals surface area contributed by atoms with Crippen LogP contribution < -0.4 is 10.6 Å². The molecular formula is C9H11N5. The van der Waals surface area contributed by atoms with Crippen molar-refractivity contribution >= 4 is 11.4 Å². The van der Waals surface area contributed by atoms with Crippen molar-refractivity contribution in [2.24, 2.45) is 5.11 Å². The zero-order valence-corrected chi connectivity index (χ0v) is 7.70. The van der Waals surface area contributed by atoms with E-state index in [0.29, 0.717) is 5.69 Å². The highest BCUT2D eigenvalue weighted by Crippen LogP contribution is 2.23. The van der Waals surface area contributed by atoms with E-state index < -0.39 is 0 Å². The molecule has 1 aromatic carbocycles. The van der Waals surface area contributed by atoms with Crippen molar-refractivity contribution in [3.05, 3.63) is 34.2 Å². The minimum Gasteiger partial charge on any atom is -0.383 e. The Bertz CT molecular complexity index is 381. The van der Waals surface area contributed by atoms with Gasteiger partial charge < -0.3 is 10.6 Å². The Kier molecular flexibility index (Phi) is 2.53. The molecule has 0 aliphatic carbocycles. The fraction of sp³-hybridized carbons (Fsp3) is 0.333. The molecule has 1 aromatic rings.